The molecule has 14 heteroatoms. The highest BCUT2D eigenvalue weighted by Gasteiger charge is 2.66. The summed E-state index contributed by atoms with van der Waals surface area (Å²) in [5.41, 5.74) is -1.12. The van der Waals surface area contributed by atoms with Gasteiger partial charge in [-0.2, -0.15) is 12.6 Å². The Hall–Kier alpha value is -1.77. The number of carboxylic acids is 1. The molecule has 0 aliphatic carbocycles. The van der Waals surface area contributed by atoms with Gasteiger partial charge in [0, 0.05) is 25.7 Å². The van der Waals surface area contributed by atoms with E-state index in [4.69, 9.17) is 4.74 Å². The molecule has 1 aromatic rings. The van der Waals surface area contributed by atoms with Crippen LogP contribution in [-0.4, -0.2) is 83.5 Å². The van der Waals surface area contributed by atoms with E-state index in [0.29, 0.717) is 22.2 Å². The second-order valence-corrected chi connectivity index (χ2v) is 7.94. The average Bonchev–Trinajstić information content (AvgIpc) is 3.07. The number of carbonyl (C=O) groups excluding carboxylic acids is 2. The van der Waals surface area contributed by atoms with E-state index in [2.05, 4.69) is 33.5 Å². The van der Waals surface area contributed by atoms with Crippen LogP contribution in [0.25, 0.3) is 0 Å². The first kappa shape index (κ1) is 20.0. The maximum absolute atomic E-state index is 12.8. The predicted molar refractivity (Wildman–Crippen MR) is 99.0 cm³/mol. The summed E-state index contributed by atoms with van der Waals surface area (Å²) in [6, 6.07) is 0. The summed E-state index contributed by atoms with van der Waals surface area (Å²) < 4.78 is 6.77. The van der Waals surface area contributed by atoms with Gasteiger partial charge in [-0.3, -0.25) is 14.5 Å². The predicted octanol–water partition coefficient (Wildman–Crippen LogP) is -1.06. The fourth-order valence-corrected chi connectivity index (χ4v) is 5.30. The molecule has 2 N–H and O–H groups in total. The number of carbonyl (C=O) groups is 3. The molecule has 0 bridgehead atoms. The minimum Gasteiger partial charge on any atom is -0.477 e. The van der Waals surface area contributed by atoms with Crippen molar-refractivity contribution in [1.29, 1.82) is 0 Å². The highest BCUT2D eigenvalue weighted by atomic mass is 32.2. The van der Waals surface area contributed by atoms with E-state index in [-0.39, 0.29) is 11.4 Å². The Morgan fingerprint density at radius 2 is 2.30 bits per heavy atom. The number of hydrogen-bond donors (Lipinski definition) is 3. The molecule has 1 saturated heterocycles. The van der Waals surface area contributed by atoms with Gasteiger partial charge in [0.2, 0.25) is 11.1 Å². The topological polar surface area (TPSA) is 140 Å². The van der Waals surface area contributed by atoms with Gasteiger partial charge >= 0.3 is 5.97 Å². The number of β-lactam (4-membered cyclic amide) rings is 1. The molecule has 3 heterocycles. The summed E-state index contributed by atoms with van der Waals surface area (Å²) in [5.74, 6) is -1.78. The number of aryl methyl sites for hydroxylation is 1. The van der Waals surface area contributed by atoms with Crippen LogP contribution in [0.2, 0.25) is 0 Å². The summed E-state index contributed by atoms with van der Waals surface area (Å²) in [5, 5.41) is 23.1. The van der Waals surface area contributed by atoms with Crippen LogP contribution in [0.5, 0.6) is 0 Å². The summed E-state index contributed by atoms with van der Waals surface area (Å²) >= 11 is 6.48. The lowest BCUT2D eigenvalue weighted by Gasteiger charge is -2.55. The van der Waals surface area contributed by atoms with Gasteiger partial charge < -0.3 is 15.2 Å². The zero-order valence-electron chi connectivity index (χ0n) is 14.3. The number of methoxy groups -OCH3 is 1. The van der Waals surface area contributed by atoms with Gasteiger partial charge in [-0.15, -0.1) is 16.9 Å². The lowest BCUT2D eigenvalue weighted by Crippen LogP contribution is -2.80. The Morgan fingerprint density at radius 1 is 1.56 bits per heavy atom. The van der Waals surface area contributed by atoms with Crippen LogP contribution < -0.4 is 5.32 Å². The molecule has 1 fully saturated rings. The van der Waals surface area contributed by atoms with Crippen molar-refractivity contribution in [2.75, 3.05) is 24.4 Å². The number of thiol groups is 1. The van der Waals surface area contributed by atoms with Crippen LogP contribution >= 0.6 is 36.2 Å². The molecule has 146 valence electrons. The molecule has 0 aromatic carbocycles. The molecule has 0 spiro atoms. The molecule has 2 aliphatic rings. The van der Waals surface area contributed by atoms with E-state index in [1.54, 1.807) is 7.05 Å². The van der Waals surface area contributed by atoms with Gasteiger partial charge in [-0.25, -0.2) is 9.48 Å². The normalized spacial score (nSPS) is 24.5. The number of nitrogens with one attached hydrogen (secondary N) is 1. The Balaban J connectivity index is 1.86. The maximum Gasteiger partial charge on any atom is 0.352 e. The number of aromatic nitrogens is 4. The minimum absolute atomic E-state index is 0.0980. The molecule has 2 aliphatic heterocycles. The monoisotopic (exact) mass is 432 g/mol. The fourth-order valence-electron chi connectivity index (χ4n) is 2.80. The number of tetrazole rings is 1. The van der Waals surface area contributed by atoms with Crippen LogP contribution in [-0.2, 0) is 26.2 Å². The van der Waals surface area contributed by atoms with Gasteiger partial charge in [0.05, 0.1) is 5.75 Å². The highest BCUT2D eigenvalue weighted by Crippen LogP contribution is 2.47. The fraction of sp³-hybridized carbons (Fsp3) is 0.538. The number of fused-ring (bicyclic) bond motifs is 1. The molecule has 0 radical (unpaired) electrons. The lowest BCUT2D eigenvalue weighted by molar-refractivity contribution is -0.192. The van der Waals surface area contributed by atoms with Crippen molar-refractivity contribution in [3.05, 3.63) is 11.3 Å². The zero-order valence-corrected chi connectivity index (χ0v) is 16.8. The lowest BCUT2D eigenvalue weighted by atomic mass is 9.98. The Morgan fingerprint density at radius 3 is 2.85 bits per heavy atom. The van der Waals surface area contributed by atoms with Crippen molar-refractivity contribution in [2.45, 2.75) is 16.3 Å². The van der Waals surface area contributed by atoms with Gasteiger partial charge in [0.15, 0.2) is 0 Å². The van der Waals surface area contributed by atoms with E-state index in [9.17, 15) is 19.5 Å². The number of aliphatic carboxylic acids is 1. The zero-order chi connectivity index (χ0) is 19.8. The van der Waals surface area contributed by atoms with Crippen LogP contribution in [0.1, 0.15) is 0 Å². The molecular weight excluding hydrogens is 416 g/mol. The van der Waals surface area contributed by atoms with Crippen molar-refractivity contribution in [3.63, 3.8) is 0 Å². The summed E-state index contributed by atoms with van der Waals surface area (Å²) in [6.45, 7) is 0. The van der Waals surface area contributed by atoms with Crippen molar-refractivity contribution in [3.8, 4) is 0 Å². The van der Waals surface area contributed by atoms with Gasteiger partial charge in [-0.1, -0.05) is 11.8 Å². The number of nitrogens with zero attached hydrogens (tertiary/aromatic N) is 5. The second-order valence-electron chi connectivity index (χ2n) is 5.62. The van der Waals surface area contributed by atoms with Crippen LogP contribution in [0, 0.1) is 0 Å². The summed E-state index contributed by atoms with van der Waals surface area (Å²) in [7, 11) is 2.97. The smallest absolute Gasteiger partial charge is 0.352 e. The van der Waals surface area contributed by atoms with Crippen molar-refractivity contribution in [2.24, 2.45) is 7.05 Å². The molecule has 27 heavy (non-hydrogen) atoms. The average molecular weight is 433 g/mol. The Kier molecular flexibility index (Phi) is 5.69. The van der Waals surface area contributed by atoms with E-state index in [0.717, 1.165) is 4.90 Å². The molecule has 1 aromatic heterocycles. The van der Waals surface area contributed by atoms with Gasteiger partial charge in [0.25, 0.3) is 11.6 Å². The number of ether oxygens (including phenoxy) is 1. The summed E-state index contributed by atoms with van der Waals surface area (Å²) in [6.07, 6.45) is 0. The number of hydrogen-bond acceptors (Lipinski definition) is 10. The first-order valence-corrected chi connectivity index (χ1v) is 10.2. The van der Waals surface area contributed by atoms with Crippen LogP contribution in [0.4, 0.5) is 0 Å². The number of rotatable bonds is 7. The largest absolute Gasteiger partial charge is 0.477 e. The first-order chi connectivity index (χ1) is 12.9. The molecule has 2 amide bonds. The van der Waals surface area contributed by atoms with Crippen molar-refractivity contribution in [1.82, 2.24) is 30.4 Å². The van der Waals surface area contributed by atoms with Crippen molar-refractivity contribution >= 4 is 53.9 Å². The Labute approximate surface area is 167 Å². The summed E-state index contributed by atoms with van der Waals surface area (Å²) in [4.78, 5) is 37.5. The molecule has 3 rings (SSSR count). The molecule has 2 atom stereocenters. The molecular formula is C13H16N6O5S3. The quantitative estimate of drug-likeness (QED) is 0.211. The van der Waals surface area contributed by atoms with E-state index in [1.807, 2.05) is 0 Å². The third-order valence-corrected chi connectivity index (χ3v) is 6.82. The second kappa shape index (κ2) is 7.69. The highest BCUT2D eigenvalue weighted by molar-refractivity contribution is 8.01. The standard InChI is InChI=1S/C13H16N6O5S3/c1-18-12(15-16-17-18)27-5-6-4-26-11-13(24-2,14-7(20)3-25)10(23)19(11)8(6)9(21)22/h11,25H,3-5H2,1-2H3,(H,14,20)(H,21,22)/t11?,13-/m0/s1. The molecule has 1 unspecified atom stereocenters. The van der Waals surface area contributed by atoms with E-state index < -0.39 is 28.9 Å². The molecule has 11 nitrogen and oxygen atoms in total. The number of carboxylic acid groups (broad SMARTS) is 1. The van der Waals surface area contributed by atoms with E-state index in [1.165, 1.54) is 35.3 Å². The van der Waals surface area contributed by atoms with E-state index >= 15 is 0 Å². The Bertz CT molecular complexity index is 829. The van der Waals surface area contributed by atoms with Crippen LogP contribution in [0.3, 0.4) is 0 Å². The SMILES string of the molecule is CO[C@@]1(NC(=O)CS)C(=O)N2C(C(=O)O)=C(CSc3nnnn3C)CSC21. The number of amides is 2. The maximum atomic E-state index is 12.8. The molecule has 0 saturated carbocycles. The van der Waals surface area contributed by atoms with Crippen LogP contribution in [0.15, 0.2) is 16.4 Å². The number of thioether (sulfide) groups is 2. The van der Waals surface area contributed by atoms with Gasteiger partial charge in [-0.05, 0) is 16.0 Å². The third-order valence-electron chi connectivity index (χ3n) is 4.06. The minimum atomic E-state index is -1.59. The first-order valence-electron chi connectivity index (χ1n) is 7.58. The van der Waals surface area contributed by atoms with Gasteiger partial charge in [0.1, 0.15) is 11.1 Å². The van der Waals surface area contributed by atoms with Crippen molar-refractivity contribution < 1.29 is 24.2 Å². The third kappa shape index (κ3) is 3.30.